The zero-order valence-corrected chi connectivity index (χ0v) is 11.3. The van der Waals surface area contributed by atoms with E-state index >= 15 is 0 Å². The molecule has 1 aromatic heterocycles. The van der Waals surface area contributed by atoms with Gasteiger partial charge in [-0.3, -0.25) is 9.58 Å². The van der Waals surface area contributed by atoms with Gasteiger partial charge in [-0.25, -0.2) is 8.42 Å². The Hall–Kier alpha value is -0.920. The van der Waals surface area contributed by atoms with E-state index in [9.17, 15) is 8.42 Å². The number of hydrogen-bond acceptors (Lipinski definition) is 5. The summed E-state index contributed by atoms with van der Waals surface area (Å²) >= 11 is 0. The maximum absolute atomic E-state index is 11.1. The molecule has 1 aromatic rings. The Morgan fingerprint density at radius 1 is 1.50 bits per heavy atom. The maximum Gasteiger partial charge on any atom is 0.148 e. The van der Waals surface area contributed by atoms with Crippen molar-refractivity contribution in [2.75, 3.05) is 38.2 Å². The largest absolute Gasteiger partial charge is 0.374 e. The number of aromatic nitrogens is 2. The normalized spacial score (nSPS) is 22.2. The smallest absolute Gasteiger partial charge is 0.148 e. The fourth-order valence-corrected chi connectivity index (χ4v) is 2.60. The van der Waals surface area contributed by atoms with Crippen molar-refractivity contribution in [1.82, 2.24) is 14.7 Å². The Kier molecular flexibility index (Phi) is 4.36. The van der Waals surface area contributed by atoms with Gasteiger partial charge in [0, 0.05) is 38.3 Å². The third-order valence-electron chi connectivity index (χ3n) is 2.95. The van der Waals surface area contributed by atoms with Gasteiger partial charge in [-0.15, -0.1) is 0 Å². The lowest BCUT2D eigenvalue weighted by molar-refractivity contribution is -0.0355. The van der Waals surface area contributed by atoms with Crippen LogP contribution in [0.3, 0.4) is 0 Å². The highest BCUT2D eigenvalue weighted by Crippen LogP contribution is 2.07. The summed E-state index contributed by atoms with van der Waals surface area (Å²) in [5.41, 5.74) is 0. The van der Waals surface area contributed by atoms with Crippen LogP contribution in [0.5, 0.6) is 0 Å². The van der Waals surface area contributed by atoms with Gasteiger partial charge in [0.25, 0.3) is 0 Å². The van der Waals surface area contributed by atoms with E-state index in [0.717, 1.165) is 13.1 Å². The summed E-state index contributed by atoms with van der Waals surface area (Å²) in [6.45, 7) is 3.50. The molecule has 1 fully saturated rings. The van der Waals surface area contributed by atoms with Crippen molar-refractivity contribution in [2.45, 2.75) is 12.6 Å². The van der Waals surface area contributed by atoms with Crippen molar-refractivity contribution in [3.8, 4) is 0 Å². The van der Waals surface area contributed by atoms with E-state index in [2.05, 4.69) is 10.00 Å². The summed E-state index contributed by atoms with van der Waals surface area (Å²) in [6, 6.07) is 1.88. The molecule has 1 aliphatic rings. The van der Waals surface area contributed by atoms with Gasteiger partial charge < -0.3 is 4.74 Å². The maximum atomic E-state index is 11.1. The summed E-state index contributed by atoms with van der Waals surface area (Å²) in [5.74, 6) is 0.210. The summed E-state index contributed by atoms with van der Waals surface area (Å²) in [7, 11) is -2.89. The first kappa shape index (κ1) is 13.5. The molecule has 0 aliphatic carbocycles. The molecule has 0 amide bonds. The van der Waals surface area contributed by atoms with Gasteiger partial charge in [0.05, 0.1) is 25.0 Å². The van der Waals surface area contributed by atoms with E-state index in [-0.39, 0.29) is 11.9 Å². The molecule has 2 heterocycles. The van der Waals surface area contributed by atoms with Crippen LogP contribution in [0.1, 0.15) is 0 Å². The molecule has 2 rings (SSSR count). The average Bonchev–Trinajstić information content (AvgIpc) is 2.79. The van der Waals surface area contributed by atoms with Gasteiger partial charge in [-0.05, 0) is 6.07 Å². The van der Waals surface area contributed by atoms with Crippen LogP contribution in [0.2, 0.25) is 0 Å². The molecule has 0 aromatic carbocycles. The van der Waals surface area contributed by atoms with Gasteiger partial charge in [0.15, 0.2) is 0 Å². The van der Waals surface area contributed by atoms with E-state index in [0.29, 0.717) is 19.7 Å². The van der Waals surface area contributed by atoms with Crippen LogP contribution in [-0.4, -0.2) is 67.5 Å². The van der Waals surface area contributed by atoms with Crippen LogP contribution in [-0.2, 0) is 21.1 Å². The van der Waals surface area contributed by atoms with E-state index in [1.54, 1.807) is 6.20 Å². The lowest BCUT2D eigenvalue weighted by Crippen LogP contribution is -2.45. The van der Waals surface area contributed by atoms with E-state index in [1.165, 1.54) is 6.26 Å². The Bertz CT molecular complexity index is 458. The first-order valence-electron chi connectivity index (χ1n) is 6.02. The number of hydrogen-bond donors (Lipinski definition) is 0. The Labute approximate surface area is 107 Å². The number of ether oxygens (including phenoxy) is 1. The topological polar surface area (TPSA) is 64.4 Å². The molecule has 102 valence electrons. The van der Waals surface area contributed by atoms with Gasteiger partial charge in [-0.1, -0.05) is 0 Å². The monoisotopic (exact) mass is 273 g/mol. The predicted octanol–water partition coefficient (Wildman–Crippen LogP) is -0.371. The summed E-state index contributed by atoms with van der Waals surface area (Å²) < 4.78 is 29.8. The molecule has 0 unspecified atom stereocenters. The Balaban J connectivity index is 1.81. The zero-order valence-electron chi connectivity index (χ0n) is 10.5. The SMILES string of the molecule is CS(=O)(=O)CCN1CCO[C@H](Cn2cccn2)C1. The molecule has 1 saturated heterocycles. The molecular weight excluding hydrogens is 254 g/mol. The summed E-state index contributed by atoms with van der Waals surface area (Å²) in [5, 5.41) is 4.14. The summed E-state index contributed by atoms with van der Waals surface area (Å²) in [6.07, 6.45) is 5.00. The Morgan fingerprint density at radius 2 is 2.33 bits per heavy atom. The second kappa shape index (κ2) is 5.81. The Morgan fingerprint density at radius 3 is 3.00 bits per heavy atom. The predicted molar refractivity (Wildman–Crippen MR) is 68.1 cm³/mol. The minimum Gasteiger partial charge on any atom is -0.374 e. The number of nitrogens with zero attached hydrogens (tertiary/aromatic N) is 3. The van der Waals surface area contributed by atoms with Crippen molar-refractivity contribution < 1.29 is 13.2 Å². The highest BCUT2D eigenvalue weighted by Gasteiger charge is 2.21. The van der Waals surface area contributed by atoms with Gasteiger partial charge >= 0.3 is 0 Å². The quantitative estimate of drug-likeness (QED) is 0.732. The molecule has 0 saturated carbocycles. The van der Waals surface area contributed by atoms with Gasteiger partial charge in [-0.2, -0.15) is 5.10 Å². The van der Waals surface area contributed by atoms with Crippen molar-refractivity contribution in [3.05, 3.63) is 18.5 Å². The molecule has 0 bridgehead atoms. The van der Waals surface area contributed by atoms with Crippen molar-refractivity contribution >= 4 is 9.84 Å². The standard InChI is InChI=1S/C11H19N3O3S/c1-18(15,16)8-6-13-5-7-17-11(9-13)10-14-4-2-3-12-14/h2-4,11H,5-10H2,1H3/t11-/m0/s1. The van der Waals surface area contributed by atoms with Crippen molar-refractivity contribution in [3.63, 3.8) is 0 Å². The summed E-state index contributed by atoms with van der Waals surface area (Å²) in [4.78, 5) is 2.14. The van der Waals surface area contributed by atoms with Crippen LogP contribution < -0.4 is 0 Å². The first-order valence-corrected chi connectivity index (χ1v) is 8.08. The molecule has 1 atom stereocenters. The fraction of sp³-hybridized carbons (Fsp3) is 0.727. The zero-order chi connectivity index (χ0) is 13.0. The molecule has 18 heavy (non-hydrogen) atoms. The first-order chi connectivity index (χ1) is 8.53. The highest BCUT2D eigenvalue weighted by molar-refractivity contribution is 7.90. The van der Waals surface area contributed by atoms with Crippen LogP contribution in [0.15, 0.2) is 18.5 Å². The minimum atomic E-state index is -2.89. The third kappa shape index (κ3) is 4.40. The van der Waals surface area contributed by atoms with Gasteiger partial charge in [0.2, 0.25) is 0 Å². The van der Waals surface area contributed by atoms with E-state index < -0.39 is 9.84 Å². The minimum absolute atomic E-state index is 0.0817. The number of morpholine rings is 1. The molecule has 7 heteroatoms. The van der Waals surface area contributed by atoms with Crippen LogP contribution >= 0.6 is 0 Å². The second-order valence-corrected chi connectivity index (χ2v) is 6.91. The average molecular weight is 273 g/mol. The fourth-order valence-electron chi connectivity index (χ4n) is 2.01. The number of rotatable bonds is 5. The lowest BCUT2D eigenvalue weighted by atomic mass is 10.2. The van der Waals surface area contributed by atoms with E-state index in [1.807, 2.05) is 16.9 Å². The number of sulfone groups is 1. The molecule has 0 radical (unpaired) electrons. The molecule has 6 nitrogen and oxygen atoms in total. The lowest BCUT2D eigenvalue weighted by Gasteiger charge is -2.32. The molecule has 0 spiro atoms. The van der Waals surface area contributed by atoms with Crippen LogP contribution in [0.25, 0.3) is 0 Å². The van der Waals surface area contributed by atoms with Gasteiger partial charge in [0.1, 0.15) is 9.84 Å². The molecular formula is C11H19N3O3S. The van der Waals surface area contributed by atoms with Crippen LogP contribution in [0, 0.1) is 0 Å². The van der Waals surface area contributed by atoms with Crippen molar-refractivity contribution in [2.24, 2.45) is 0 Å². The molecule has 0 N–H and O–H groups in total. The van der Waals surface area contributed by atoms with Crippen LogP contribution in [0.4, 0.5) is 0 Å². The second-order valence-electron chi connectivity index (χ2n) is 4.65. The molecule has 1 aliphatic heterocycles. The van der Waals surface area contributed by atoms with E-state index in [4.69, 9.17) is 4.74 Å². The third-order valence-corrected chi connectivity index (χ3v) is 3.88. The van der Waals surface area contributed by atoms with Crippen molar-refractivity contribution in [1.29, 1.82) is 0 Å². The highest BCUT2D eigenvalue weighted by atomic mass is 32.2.